The first-order valence-corrected chi connectivity index (χ1v) is 8.25. The van der Waals surface area contributed by atoms with Crippen molar-refractivity contribution in [1.29, 1.82) is 0 Å². The minimum Gasteiger partial charge on any atom is -0.381 e. The first-order valence-electron chi connectivity index (χ1n) is 7.37. The van der Waals surface area contributed by atoms with E-state index < -0.39 is 0 Å². The van der Waals surface area contributed by atoms with Crippen LogP contribution in [0, 0.1) is 0 Å². The van der Waals surface area contributed by atoms with E-state index in [-0.39, 0.29) is 0 Å². The van der Waals surface area contributed by atoms with E-state index >= 15 is 0 Å². The maximum absolute atomic E-state index is 5.45. The molecule has 0 amide bonds. The lowest BCUT2D eigenvalue weighted by molar-refractivity contribution is 0.0583. The zero-order valence-electron chi connectivity index (χ0n) is 11.3. The van der Waals surface area contributed by atoms with Gasteiger partial charge in [-0.1, -0.05) is 24.6 Å². The average molecular weight is 268 g/mol. The standard InChI is InChI=1S/C14H24N2OS/c1-17-12-6-8-16(9-7-12)14-15-11-4-2-3-5-13(10-11)18-14/h11-13H,2-10H2,1H3. The number of methoxy groups -OCH3 is 1. The fraction of sp³-hybridized carbons (Fsp3) is 0.929. The van der Waals surface area contributed by atoms with Gasteiger partial charge in [-0.05, 0) is 32.1 Å². The molecular weight excluding hydrogens is 244 g/mol. The fourth-order valence-corrected chi connectivity index (χ4v) is 4.73. The molecule has 1 saturated carbocycles. The molecule has 2 bridgehead atoms. The SMILES string of the molecule is COC1CCN(C2=NC3CCCCC(C3)S2)CC1. The van der Waals surface area contributed by atoms with Crippen LogP contribution < -0.4 is 0 Å². The van der Waals surface area contributed by atoms with Gasteiger partial charge in [0.2, 0.25) is 0 Å². The smallest absolute Gasteiger partial charge is 0.159 e. The van der Waals surface area contributed by atoms with Gasteiger partial charge in [0.05, 0.1) is 12.1 Å². The summed E-state index contributed by atoms with van der Waals surface area (Å²) < 4.78 is 5.45. The molecule has 2 fully saturated rings. The van der Waals surface area contributed by atoms with E-state index in [1.165, 1.54) is 37.3 Å². The number of likely N-dealkylation sites (tertiary alicyclic amines) is 1. The molecule has 0 N–H and O–H groups in total. The van der Waals surface area contributed by atoms with Gasteiger partial charge in [0.25, 0.3) is 0 Å². The highest BCUT2D eigenvalue weighted by atomic mass is 32.2. The van der Waals surface area contributed by atoms with Crippen molar-refractivity contribution in [1.82, 2.24) is 4.90 Å². The molecule has 102 valence electrons. The fourth-order valence-electron chi connectivity index (χ4n) is 3.29. The van der Waals surface area contributed by atoms with Gasteiger partial charge in [-0.2, -0.15) is 0 Å². The minimum absolute atomic E-state index is 0.470. The molecule has 3 nitrogen and oxygen atoms in total. The van der Waals surface area contributed by atoms with E-state index in [4.69, 9.17) is 9.73 Å². The van der Waals surface area contributed by atoms with Crippen LogP contribution >= 0.6 is 11.8 Å². The van der Waals surface area contributed by atoms with Gasteiger partial charge in [-0.25, -0.2) is 0 Å². The van der Waals surface area contributed by atoms with Crippen molar-refractivity contribution in [2.45, 2.75) is 62.3 Å². The lowest BCUT2D eigenvalue weighted by Crippen LogP contribution is -2.41. The third-order valence-electron chi connectivity index (χ3n) is 4.46. The maximum atomic E-state index is 5.45. The van der Waals surface area contributed by atoms with Gasteiger partial charge >= 0.3 is 0 Å². The van der Waals surface area contributed by atoms with E-state index in [0.717, 1.165) is 31.2 Å². The van der Waals surface area contributed by atoms with Crippen LogP contribution in [0.3, 0.4) is 0 Å². The predicted molar refractivity (Wildman–Crippen MR) is 77.3 cm³/mol. The molecule has 2 atom stereocenters. The Morgan fingerprint density at radius 1 is 1.17 bits per heavy atom. The molecule has 0 aromatic carbocycles. The van der Waals surface area contributed by atoms with Crippen LogP contribution in [0.1, 0.15) is 44.9 Å². The Bertz CT molecular complexity index is 313. The molecule has 3 rings (SSSR count). The summed E-state index contributed by atoms with van der Waals surface area (Å²) in [5.41, 5.74) is 0. The Morgan fingerprint density at radius 2 is 1.94 bits per heavy atom. The summed E-state index contributed by atoms with van der Waals surface area (Å²) in [7, 11) is 1.84. The molecule has 18 heavy (non-hydrogen) atoms. The normalized spacial score (nSPS) is 34.1. The van der Waals surface area contributed by atoms with Gasteiger partial charge in [0.1, 0.15) is 0 Å². The molecule has 3 aliphatic rings. The molecule has 2 aliphatic heterocycles. The number of hydrogen-bond donors (Lipinski definition) is 0. The van der Waals surface area contributed by atoms with Crippen molar-refractivity contribution in [2.24, 2.45) is 4.99 Å². The predicted octanol–water partition coefficient (Wildman–Crippen LogP) is 2.90. The Morgan fingerprint density at radius 3 is 2.72 bits per heavy atom. The van der Waals surface area contributed by atoms with Crippen LogP contribution in [-0.2, 0) is 4.74 Å². The van der Waals surface area contributed by atoms with E-state index in [1.807, 2.05) is 7.11 Å². The second-order valence-corrected chi connectivity index (χ2v) is 7.02. The Kier molecular flexibility index (Phi) is 4.14. The van der Waals surface area contributed by atoms with Crippen molar-refractivity contribution in [2.75, 3.05) is 20.2 Å². The second-order valence-electron chi connectivity index (χ2n) is 5.75. The van der Waals surface area contributed by atoms with Gasteiger partial charge in [-0.15, -0.1) is 0 Å². The van der Waals surface area contributed by atoms with E-state index in [9.17, 15) is 0 Å². The lowest BCUT2D eigenvalue weighted by atomic mass is 10.1. The second kappa shape index (κ2) is 5.83. The summed E-state index contributed by atoms with van der Waals surface area (Å²) in [6.07, 6.45) is 9.61. The molecule has 2 unspecified atom stereocenters. The molecule has 1 saturated heterocycles. The first-order chi connectivity index (χ1) is 8.85. The van der Waals surface area contributed by atoms with Crippen LogP contribution in [0.2, 0.25) is 0 Å². The van der Waals surface area contributed by atoms with E-state index in [0.29, 0.717) is 12.1 Å². The van der Waals surface area contributed by atoms with Gasteiger partial charge in [0.15, 0.2) is 5.17 Å². The molecule has 0 aromatic rings. The number of nitrogens with zero attached hydrogens (tertiary/aromatic N) is 2. The summed E-state index contributed by atoms with van der Waals surface area (Å²) in [6, 6.07) is 0.619. The Labute approximate surface area is 114 Å². The number of piperidine rings is 1. The highest BCUT2D eigenvalue weighted by molar-refractivity contribution is 8.14. The van der Waals surface area contributed by atoms with Crippen molar-refractivity contribution >= 4 is 16.9 Å². The largest absolute Gasteiger partial charge is 0.381 e. The van der Waals surface area contributed by atoms with Crippen LogP contribution in [-0.4, -0.2) is 47.7 Å². The summed E-state index contributed by atoms with van der Waals surface area (Å²) in [6.45, 7) is 2.26. The minimum atomic E-state index is 0.470. The Hall–Kier alpha value is -0.220. The highest BCUT2D eigenvalue weighted by Gasteiger charge is 2.30. The molecular formula is C14H24N2OS. The lowest BCUT2D eigenvalue weighted by Gasteiger charge is -2.36. The average Bonchev–Trinajstić information content (AvgIpc) is 2.59. The zero-order chi connectivity index (χ0) is 12.4. The molecule has 0 aromatic heterocycles. The first kappa shape index (κ1) is 12.8. The van der Waals surface area contributed by atoms with Crippen molar-refractivity contribution < 1.29 is 4.74 Å². The molecule has 4 heteroatoms. The summed E-state index contributed by atoms with van der Waals surface area (Å²) in [5, 5.41) is 2.18. The molecule has 0 radical (unpaired) electrons. The summed E-state index contributed by atoms with van der Waals surface area (Å²) in [5.74, 6) is 0. The van der Waals surface area contributed by atoms with Gasteiger partial charge in [-0.3, -0.25) is 4.99 Å². The zero-order valence-corrected chi connectivity index (χ0v) is 12.1. The topological polar surface area (TPSA) is 24.8 Å². The number of fused-ring (bicyclic) bond motifs is 2. The third-order valence-corrected chi connectivity index (χ3v) is 5.80. The van der Waals surface area contributed by atoms with E-state index in [1.54, 1.807) is 0 Å². The summed E-state index contributed by atoms with van der Waals surface area (Å²) in [4.78, 5) is 7.51. The number of thioether (sulfide) groups is 1. The number of amidine groups is 1. The van der Waals surface area contributed by atoms with Crippen molar-refractivity contribution in [3.63, 3.8) is 0 Å². The van der Waals surface area contributed by atoms with Crippen molar-refractivity contribution in [3.05, 3.63) is 0 Å². The number of rotatable bonds is 1. The van der Waals surface area contributed by atoms with Gasteiger partial charge < -0.3 is 9.64 Å². The van der Waals surface area contributed by atoms with Crippen LogP contribution in [0.4, 0.5) is 0 Å². The van der Waals surface area contributed by atoms with Crippen LogP contribution in [0.25, 0.3) is 0 Å². The molecule has 0 spiro atoms. The number of aliphatic imine (C=N–C) groups is 1. The van der Waals surface area contributed by atoms with Gasteiger partial charge in [0, 0.05) is 25.4 Å². The summed E-state index contributed by atoms with van der Waals surface area (Å²) >= 11 is 2.05. The highest BCUT2D eigenvalue weighted by Crippen LogP contribution is 2.36. The maximum Gasteiger partial charge on any atom is 0.159 e. The number of ether oxygens (including phenoxy) is 1. The Balaban J connectivity index is 1.64. The third kappa shape index (κ3) is 2.85. The van der Waals surface area contributed by atoms with Crippen molar-refractivity contribution in [3.8, 4) is 0 Å². The van der Waals surface area contributed by atoms with Crippen LogP contribution in [0.5, 0.6) is 0 Å². The number of hydrogen-bond acceptors (Lipinski definition) is 4. The quantitative estimate of drug-likeness (QED) is 0.731. The monoisotopic (exact) mass is 268 g/mol. The van der Waals surface area contributed by atoms with Crippen LogP contribution in [0.15, 0.2) is 4.99 Å². The molecule has 1 aliphatic carbocycles. The molecule has 2 heterocycles. The van der Waals surface area contributed by atoms with E-state index in [2.05, 4.69) is 16.7 Å².